The van der Waals surface area contributed by atoms with E-state index in [4.69, 9.17) is 5.11 Å². The van der Waals surface area contributed by atoms with Crippen molar-refractivity contribution in [3.05, 3.63) is 30.2 Å². The van der Waals surface area contributed by atoms with E-state index in [0.29, 0.717) is 25.1 Å². The van der Waals surface area contributed by atoms with Crippen molar-refractivity contribution < 1.29 is 14.7 Å². The number of fused-ring (bicyclic) bond motifs is 1. The minimum absolute atomic E-state index is 0.105. The summed E-state index contributed by atoms with van der Waals surface area (Å²) in [6.07, 6.45) is 3.46. The van der Waals surface area contributed by atoms with Crippen LogP contribution in [0.3, 0.4) is 0 Å². The predicted octanol–water partition coefficient (Wildman–Crippen LogP) is 0.846. The van der Waals surface area contributed by atoms with E-state index in [2.05, 4.69) is 15.5 Å². The second-order valence-corrected chi connectivity index (χ2v) is 5.31. The molecule has 110 valence electrons. The van der Waals surface area contributed by atoms with Crippen LogP contribution < -0.4 is 5.32 Å². The van der Waals surface area contributed by atoms with Crippen molar-refractivity contribution in [3.8, 4) is 0 Å². The number of pyridine rings is 1. The molecule has 0 radical (unpaired) electrons. The van der Waals surface area contributed by atoms with E-state index in [1.54, 1.807) is 0 Å². The fourth-order valence-electron chi connectivity index (χ4n) is 2.77. The first kappa shape index (κ1) is 13.5. The maximum Gasteiger partial charge on any atom is 0.306 e. The maximum atomic E-state index is 12.1. The summed E-state index contributed by atoms with van der Waals surface area (Å²) in [5, 5.41) is 19.8. The van der Waals surface area contributed by atoms with Gasteiger partial charge in [0.1, 0.15) is 0 Å². The minimum atomic E-state index is -0.811. The SMILES string of the molecule is O=C(O)[C@H]1CC[C@@H](C(=O)NCc2nnc3ccccn23)C1. The molecule has 7 nitrogen and oxygen atoms in total. The summed E-state index contributed by atoms with van der Waals surface area (Å²) in [7, 11) is 0. The number of carbonyl (C=O) groups excluding carboxylic acids is 1. The van der Waals surface area contributed by atoms with Gasteiger partial charge in [-0.3, -0.25) is 14.0 Å². The van der Waals surface area contributed by atoms with Crippen LogP contribution in [0, 0.1) is 11.8 Å². The second kappa shape index (κ2) is 5.51. The highest BCUT2D eigenvalue weighted by molar-refractivity contribution is 5.80. The first-order valence-electron chi connectivity index (χ1n) is 6.94. The zero-order valence-electron chi connectivity index (χ0n) is 11.4. The lowest BCUT2D eigenvalue weighted by Gasteiger charge is -2.10. The Labute approximate surface area is 121 Å². The van der Waals surface area contributed by atoms with Crippen molar-refractivity contribution >= 4 is 17.5 Å². The molecule has 1 aliphatic carbocycles. The van der Waals surface area contributed by atoms with Gasteiger partial charge in [0, 0.05) is 12.1 Å². The molecule has 2 aromatic rings. The van der Waals surface area contributed by atoms with Gasteiger partial charge in [-0.05, 0) is 31.4 Å². The lowest BCUT2D eigenvalue weighted by molar-refractivity contribution is -0.141. The first-order valence-corrected chi connectivity index (χ1v) is 6.94. The van der Waals surface area contributed by atoms with Crippen LogP contribution >= 0.6 is 0 Å². The number of carboxylic acid groups (broad SMARTS) is 1. The average Bonchev–Trinajstić information content (AvgIpc) is 3.12. The molecule has 1 saturated carbocycles. The van der Waals surface area contributed by atoms with Crippen molar-refractivity contribution in [3.63, 3.8) is 0 Å². The molecule has 0 aromatic carbocycles. The third kappa shape index (κ3) is 2.72. The normalized spacial score (nSPS) is 21.5. The van der Waals surface area contributed by atoms with E-state index in [0.717, 1.165) is 5.65 Å². The molecule has 1 aliphatic rings. The first-order chi connectivity index (χ1) is 10.1. The zero-order chi connectivity index (χ0) is 14.8. The van der Waals surface area contributed by atoms with Gasteiger partial charge in [0.25, 0.3) is 0 Å². The van der Waals surface area contributed by atoms with E-state index in [-0.39, 0.29) is 18.4 Å². The van der Waals surface area contributed by atoms with E-state index < -0.39 is 11.9 Å². The van der Waals surface area contributed by atoms with Gasteiger partial charge >= 0.3 is 5.97 Å². The summed E-state index contributed by atoms with van der Waals surface area (Å²) in [4.78, 5) is 23.0. The van der Waals surface area contributed by atoms with Crippen LogP contribution in [0.15, 0.2) is 24.4 Å². The third-order valence-electron chi connectivity index (χ3n) is 3.96. The van der Waals surface area contributed by atoms with E-state index in [1.165, 1.54) is 0 Å². The fraction of sp³-hybridized carbons (Fsp3) is 0.429. The molecule has 2 heterocycles. The van der Waals surface area contributed by atoms with Crippen LogP contribution in [-0.2, 0) is 16.1 Å². The summed E-state index contributed by atoms with van der Waals surface area (Å²) in [6.45, 7) is 0.290. The van der Waals surface area contributed by atoms with Gasteiger partial charge in [0.15, 0.2) is 11.5 Å². The molecular formula is C14H16N4O3. The van der Waals surface area contributed by atoms with Gasteiger partial charge in [0.2, 0.25) is 5.91 Å². The largest absolute Gasteiger partial charge is 0.481 e. The van der Waals surface area contributed by atoms with Crippen molar-refractivity contribution in [2.75, 3.05) is 0 Å². The number of amides is 1. The number of nitrogens with zero attached hydrogens (tertiary/aromatic N) is 3. The summed E-state index contributed by atoms with van der Waals surface area (Å²) in [5.74, 6) is -0.869. The van der Waals surface area contributed by atoms with E-state index >= 15 is 0 Å². The molecule has 0 saturated heterocycles. The maximum absolute atomic E-state index is 12.1. The highest BCUT2D eigenvalue weighted by Crippen LogP contribution is 2.31. The highest BCUT2D eigenvalue weighted by Gasteiger charge is 2.33. The smallest absolute Gasteiger partial charge is 0.306 e. The molecule has 7 heteroatoms. The standard InChI is InChI=1S/C14H16N4O3/c19-13(9-4-5-10(7-9)14(20)21)15-8-12-17-16-11-3-1-2-6-18(11)12/h1-3,6,9-10H,4-5,7-8H2,(H,15,19)(H,20,21)/t9-,10+/m1/s1. The Morgan fingerprint density at radius 1 is 1.29 bits per heavy atom. The molecule has 1 amide bonds. The highest BCUT2D eigenvalue weighted by atomic mass is 16.4. The number of aliphatic carboxylic acids is 1. The van der Waals surface area contributed by atoms with Crippen LogP contribution in [-0.4, -0.2) is 31.6 Å². The van der Waals surface area contributed by atoms with Crippen LogP contribution in [0.2, 0.25) is 0 Å². The molecule has 21 heavy (non-hydrogen) atoms. The Kier molecular flexibility index (Phi) is 3.55. The van der Waals surface area contributed by atoms with Crippen molar-refractivity contribution in [2.24, 2.45) is 11.8 Å². The lowest BCUT2D eigenvalue weighted by atomic mass is 10.0. The van der Waals surface area contributed by atoms with Crippen LogP contribution in [0.5, 0.6) is 0 Å². The lowest BCUT2D eigenvalue weighted by Crippen LogP contribution is -2.30. The number of hydrogen-bond acceptors (Lipinski definition) is 4. The molecule has 0 unspecified atom stereocenters. The van der Waals surface area contributed by atoms with Gasteiger partial charge in [-0.15, -0.1) is 10.2 Å². The summed E-state index contributed by atoms with van der Waals surface area (Å²) in [5.41, 5.74) is 0.730. The van der Waals surface area contributed by atoms with Crippen LogP contribution in [0.4, 0.5) is 0 Å². The number of hydrogen-bond donors (Lipinski definition) is 2. The zero-order valence-corrected chi connectivity index (χ0v) is 11.4. The molecule has 1 fully saturated rings. The number of nitrogens with one attached hydrogen (secondary N) is 1. The molecule has 0 bridgehead atoms. The second-order valence-electron chi connectivity index (χ2n) is 5.31. The van der Waals surface area contributed by atoms with Crippen molar-refractivity contribution in [2.45, 2.75) is 25.8 Å². The number of carboxylic acids is 1. The Bertz CT molecular complexity index is 682. The van der Waals surface area contributed by atoms with Gasteiger partial charge in [0.05, 0.1) is 12.5 Å². The molecule has 0 aliphatic heterocycles. The Morgan fingerprint density at radius 2 is 2.10 bits per heavy atom. The molecular weight excluding hydrogens is 272 g/mol. The molecule has 3 rings (SSSR count). The molecule has 0 spiro atoms. The summed E-state index contributed by atoms with van der Waals surface area (Å²) >= 11 is 0. The van der Waals surface area contributed by atoms with E-state index in [9.17, 15) is 9.59 Å². The molecule has 2 aromatic heterocycles. The number of carbonyl (C=O) groups is 2. The number of aromatic nitrogens is 3. The quantitative estimate of drug-likeness (QED) is 0.869. The topological polar surface area (TPSA) is 96.6 Å². The van der Waals surface area contributed by atoms with Crippen LogP contribution in [0.1, 0.15) is 25.1 Å². The van der Waals surface area contributed by atoms with Gasteiger partial charge in [-0.25, -0.2) is 0 Å². The Balaban J connectivity index is 1.60. The summed E-state index contributed by atoms with van der Waals surface area (Å²) in [6, 6.07) is 5.58. The van der Waals surface area contributed by atoms with Gasteiger partial charge in [-0.1, -0.05) is 6.07 Å². The van der Waals surface area contributed by atoms with Crippen LogP contribution in [0.25, 0.3) is 5.65 Å². The van der Waals surface area contributed by atoms with E-state index in [1.807, 2.05) is 28.8 Å². The minimum Gasteiger partial charge on any atom is -0.481 e. The monoisotopic (exact) mass is 288 g/mol. The van der Waals surface area contributed by atoms with Gasteiger partial charge < -0.3 is 10.4 Å². The number of rotatable bonds is 4. The molecule has 2 N–H and O–H groups in total. The average molecular weight is 288 g/mol. The van der Waals surface area contributed by atoms with Crippen molar-refractivity contribution in [1.82, 2.24) is 19.9 Å². The fourth-order valence-corrected chi connectivity index (χ4v) is 2.77. The predicted molar refractivity (Wildman–Crippen MR) is 73.3 cm³/mol. The summed E-state index contributed by atoms with van der Waals surface area (Å²) < 4.78 is 1.81. The molecule has 2 atom stereocenters. The Morgan fingerprint density at radius 3 is 2.86 bits per heavy atom. The van der Waals surface area contributed by atoms with Crippen molar-refractivity contribution in [1.29, 1.82) is 0 Å². The van der Waals surface area contributed by atoms with Gasteiger partial charge in [-0.2, -0.15) is 0 Å². The third-order valence-corrected chi connectivity index (χ3v) is 3.96. The Hall–Kier alpha value is -2.44.